The van der Waals surface area contributed by atoms with Crippen LogP contribution in [0.2, 0.25) is 0 Å². The first-order valence-electron chi connectivity index (χ1n) is 10.3. The first-order chi connectivity index (χ1) is 15.0. The van der Waals surface area contributed by atoms with Crippen LogP contribution in [0.15, 0.2) is 68.7 Å². The number of benzene rings is 2. The van der Waals surface area contributed by atoms with E-state index in [2.05, 4.69) is 49.1 Å². The van der Waals surface area contributed by atoms with Crippen molar-refractivity contribution >= 4 is 49.9 Å². The number of hydrazone groups is 1. The van der Waals surface area contributed by atoms with Gasteiger partial charge in [-0.3, -0.25) is 9.59 Å². The number of ether oxygens (including phenoxy) is 1. The molecule has 158 valence electrons. The number of amides is 2. The van der Waals surface area contributed by atoms with Gasteiger partial charge in [0.1, 0.15) is 12.4 Å². The molecule has 3 aliphatic carbocycles. The van der Waals surface area contributed by atoms with Crippen molar-refractivity contribution in [2.24, 2.45) is 28.8 Å². The average Bonchev–Trinajstić information content (AvgIpc) is 3.05. The zero-order valence-corrected chi connectivity index (χ0v) is 19.8. The molecule has 0 radical (unpaired) electrons. The fourth-order valence-electron chi connectivity index (χ4n) is 4.85. The van der Waals surface area contributed by atoms with E-state index < -0.39 is 0 Å². The Labute approximate surface area is 197 Å². The highest BCUT2D eigenvalue weighted by atomic mass is 79.9. The van der Waals surface area contributed by atoms with Gasteiger partial charge < -0.3 is 4.74 Å². The number of hydrogen-bond acceptors (Lipinski definition) is 4. The van der Waals surface area contributed by atoms with Gasteiger partial charge in [0, 0.05) is 10.0 Å². The molecule has 2 bridgehead atoms. The summed E-state index contributed by atoms with van der Waals surface area (Å²) in [5, 5.41) is 5.41. The molecule has 31 heavy (non-hydrogen) atoms. The summed E-state index contributed by atoms with van der Waals surface area (Å²) in [5.41, 5.74) is 1.71. The van der Waals surface area contributed by atoms with E-state index in [1.54, 1.807) is 0 Å². The van der Waals surface area contributed by atoms with Crippen LogP contribution in [0.5, 0.6) is 5.75 Å². The SMILES string of the molecule is O=C1[C@@H]2[C@H](C(=O)N1/N=C\c1cc(Br)cc(Br)c1OCc1ccccc1)[C@H]1C=C[C@H]2CC1. The molecule has 0 aromatic heterocycles. The molecule has 4 atom stereocenters. The minimum atomic E-state index is -0.267. The highest BCUT2D eigenvalue weighted by Crippen LogP contribution is 2.49. The summed E-state index contributed by atoms with van der Waals surface area (Å²) >= 11 is 7.04. The molecule has 2 aromatic carbocycles. The van der Waals surface area contributed by atoms with E-state index in [0.717, 1.165) is 32.4 Å². The Kier molecular flexibility index (Phi) is 5.56. The minimum absolute atomic E-state index is 0.149. The number of allylic oxidation sites excluding steroid dienone is 2. The molecule has 1 saturated carbocycles. The van der Waals surface area contributed by atoms with E-state index >= 15 is 0 Å². The first kappa shape index (κ1) is 20.6. The second-order valence-electron chi connectivity index (χ2n) is 8.15. The highest BCUT2D eigenvalue weighted by Gasteiger charge is 2.56. The molecular weight excluding hydrogens is 524 g/mol. The van der Waals surface area contributed by atoms with E-state index in [9.17, 15) is 9.59 Å². The summed E-state index contributed by atoms with van der Waals surface area (Å²) in [4.78, 5) is 26.0. The predicted octanol–water partition coefficient (Wildman–Crippen LogP) is 5.32. The van der Waals surface area contributed by atoms with Gasteiger partial charge in [-0.25, -0.2) is 0 Å². The number of imide groups is 1. The Morgan fingerprint density at radius 2 is 1.65 bits per heavy atom. The van der Waals surface area contributed by atoms with Crippen LogP contribution in [0.4, 0.5) is 0 Å². The van der Waals surface area contributed by atoms with Gasteiger partial charge >= 0.3 is 0 Å². The molecule has 5 nitrogen and oxygen atoms in total. The summed E-state index contributed by atoms with van der Waals surface area (Å²) < 4.78 is 7.65. The van der Waals surface area contributed by atoms with Gasteiger partial charge in [-0.05, 0) is 58.3 Å². The summed E-state index contributed by atoms with van der Waals surface area (Å²) in [6.07, 6.45) is 7.69. The molecule has 2 aromatic rings. The van der Waals surface area contributed by atoms with Crippen LogP contribution in [0.25, 0.3) is 0 Å². The molecule has 2 fully saturated rings. The molecule has 4 aliphatic rings. The number of fused-ring (bicyclic) bond motifs is 1. The number of halogens is 2. The minimum Gasteiger partial charge on any atom is -0.487 e. The molecule has 1 saturated heterocycles. The molecule has 6 rings (SSSR count). The highest BCUT2D eigenvalue weighted by molar-refractivity contribution is 9.11. The van der Waals surface area contributed by atoms with Gasteiger partial charge in [0.05, 0.1) is 22.5 Å². The van der Waals surface area contributed by atoms with Crippen molar-refractivity contribution in [3.05, 3.63) is 74.7 Å². The van der Waals surface area contributed by atoms with E-state index in [-0.39, 0.29) is 35.5 Å². The van der Waals surface area contributed by atoms with Crippen LogP contribution in [-0.4, -0.2) is 23.0 Å². The molecular formula is C24H20Br2N2O3. The smallest absolute Gasteiger partial charge is 0.254 e. The van der Waals surface area contributed by atoms with Gasteiger partial charge in [0.15, 0.2) is 0 Å². The van der Waals surface area contributed by atoms with Crippen LogP contribution in [0.3, 0.4) is 0 Å². The van der Waals surface area contributed by atoms with Crippen molar-refractivity contribution in [3.63, 3.8) is 0 Å². The lowest BCUT2D eigenvalue weighted by Gasteiger charge is -2.37. The van der Waals surface area contributed by atoms with Gasteiger partial charge in [-0.2, -0.15) is 10.1 Å². The third-order valence-electron chi connectivity index (χ3n) is 6.31. The van der Waals surface area contributed by atoms with Crippen LogP contribution >= 0.6 is 31.9 Å². The first-order valence-corrected chi connectivity index (χ1v) is 11.9. The Hall–Kier alpha value is -2.25. The van der Waals surface area contributed by atoms with Gasteiger partial charge in [0.2, 0.25) is 0 Å². The predicted molar refractivity (Wildman–Crippen MR) is 124 cm³/mol. The van der Waals surface area contributed by atoms with E-state index in [4.69, 9.17) is 4.74 Å². The Morgan fingerprint density at radius 1 is 1.00 bits per heavy atom. The molecule has 0 spiro atoms. The maximum absolute atomic E-state index is 13.0. The maximum Gasteiger partial charge on any atom is 0.254 e. The van der Waals surface area contributed by atoms with Crippen LogP contribution < -0.4 is 4.74 Å². The molecule has 1 aliphatic heterocycles. The standard InChI is InChI=1S/C24H20Br2N2O3/c25-18-10-17(22(19(26)11-18)31-13-14-4-2-1-3-5-14)12-27-28-23(29)20-15-6-7-16(9-8-15)21(20)24(28)30/h1-7,10-12,15-16,20-21H,8-9,13H2/b27-12-/t15-,16-,20-,21+/m0/s1. The van der Waals surface area contributed by atoms with E-state index in [1.807, 2.05) is 42.5 Å². The van der Waals surface area contributed by atoms with Crippen molar-refractivity contribution in [3.8, 4) is 5.75 Å². The zero-order chi connectivity index (χ0) is 21.5. The molecule has 7 heteroatoms. The zero-order valence-electron chi connectivity index (χ0n) is 16.6. The van der Waals surface area contributed by atoms with Gasteiger partial charge in [-0.1, -0.05) is 58.4 Å². The van der Waals surface area contributed by atoms with Crippen molar-refractivity contribution in [2.75, 3.05) is 0 Å². The fourth-order valence-corrected chi connectivity index (χ4v) is 6.22. The Balaban J connectivity index is 1.41. The largest absolute Gasteiger partial charge is 0.487 e. The topological polar surface area (TPSA) is 59.0 Å². The lowest BCUT2D eigenvalue weighted by Crippen LogP contribution is -2.38. The van der Waals surface area contributed by atoms with Gasteiger partial charge in [0.25, 0.3) is 11.8 Å². The lowest BCUT2D eigenvalue weighted by molar-refractivity contribution is -0.140. The molecule has 0 unspecified atom stereocenters. The molecule has 2 amide bonds. The average molecular weight is 544 g/mol. The number of rotatable bonds is 5. The normalized spacial score (nSPS) is 26.7. The molecule has 1 heterocycles. The number of carbonyl (C=O) groups is 2. The second kappa shape index (κ2) is 8.36. The molecule has 0 N–H and O–H groups in total. The third kappa shape index (κ3) is 3.78. The van der Waals surface area contributed by atoms with Crippen LogP contribution in [0.1, 0.15) is 24.0 Å². The second-order valence-corrected chi connectivity index (χ2v) is 9.92. The Bertz CT molecular complexity index is 1070. The summed E-state index contributed by atoms with van der Waals surface area (Å²) in [7, 11) is 0. The van der Waals surface area contributed by atoms with Crippen LogP contribution in [0, 0.1) is 23.7 Å². The quantitative estimate of drug-likeness (QED) is 0.291. The maximum atomic E-state index is 13.0. The van der Waals surface area contributed by atoms with Crippen molar-refractivity contribution in [1.29, 1.82) is 0 Å². The summed E-state index contributed by atoms with van der Waals surface area (Å²) in [6, 6.07) is 13.6. The Morgan fingerprint density at radius 3 is 2.26 bits per heavy atom. The van der Waals surface area contributed by atoms with E-state index in [1.165, 1.54) is 6.21 Å². The van der Waals surface area contributed by atoms with Gasteiger partial charge in [-0.15, -0.1) is 0 Å². The summed E-state index contributed by atoms with van der Waals surface area (Å²) in [6.45, 7) is 0.392. The van der Waals surface area contributed by atoms with Crippen molar-refractivity contribution in [2.45, 2.75) is 19.4 Å². The van der Waals surface area contributed by atoms with Crippen LogP contribution in [-0.2, 0) is 16.2 Å². The fraction of sp³-hybridized carbons (Fsp3) is 0.292. The third-order valence-corrected chi connectivity index (χ3v) is 7.36. The lowest BCUT2D eigenvalue weighted by atomic mass is 9.63. The van der Waals surface area contributed by atoms with Crippen molar-refractivity contribution in [1.82, 2.24) is 5.01 Å². The van der Waals surface area contributed by atoms with E-state index in [0.29, 0.717) is 17.9 Å². The van der Waals surface area contributed by atoms with Crippen molar-refractivity contribution < 1.29 is 14.3 Å². The monoisotopic (exact) mass is 542 g/mol. The number of hydrogen-bond donors (Lipinski definition) is 0. The number of nitrogens with zero attached hydrogens (tertiary/aromatic N) is 2. The summed E-state index contributed by atoms with van der Waals surface area (Å²) in [5.74, 6) is -0.00737. The number of carbonyl (C=O) groups excluding carboxylic acids is 2.